The van der Waals surface area contributed by atoms with E-state index >= 15 is 0 Å². The molecule has 142 valence electrons. The average Bonchev–Trinajstić information content (AvgIpc) is 2.72. The fraction of sp³-hybridized carbons (Fsp3) is 0.556. The predicted octanol–water partition coefficient (Wildman–Crippen LogP) is 2.35. The summed E-state index contributed by atoms with van der Waals surface area (Å²) in [5.41, 5.74) is 0. The van der Waals surface area contributed by atoms with Crippen LogP contribution in [0.4, 0.5) is 0 Å². The number of hydrogen-bond acceptors (Lipinski definition) is 8. The van der Waals surface area contributed by atoms with Gasteiger partial charge in [0.25, 0.3) is 0 Å². The lowest BCUT2D eigenvalue weighted by Crippen LogP contribution is -2.41. The summed E-state index contributed by atoms with van der Waals surface area (Å²) in [5.74, 6) is 0. The number of morpholine rings is 2. The van der Waals surface area contributed by atoms with Crippen molar-refractivity contribution in [1.29, 1.82) is 0 Å². The minimum atomic E-state index is 0.167. The van der Waals surface area contributed by atoms with Crippen molar-refractivity contribution in [2.75, 3.05) is 52.6 Å². The molecule has 0 N–H and O–H groups in total. The second-order valence-electron chi connectivity index (χ2n) is 5.99. The molecule has 0 amide bonds. The smallest absolute Gasteiger partial charge is 0.134 e. The molecule has 2 atom stereocenters. The minimum absolute atomic E-state index is 0.167. The summed E-state index contributed by atoms with van der Waals surface area (Å²) < 4.78 is 10.9. The molecule has 0 aromatic carbocycles. The Morgan fingerprint density at radius 1 is 0.923 bits per heavy atom. The van der Waals surface area contributed by atoms with Crippen molar-refractivity contribution < 1.29 is 9.47 Å². The zero-order valence-electron chi connectivity index (χ0n) is 15.0. The molecule has 2 unspecified atom stereocenters. The fourth-order valence-corrected chi connectivity index (χ4v) is 5.18. The molecule has 8 heteroatoms. The van der Waals surface area contributed by atoms with Crippen LogP contribution in [0.2, 0.25) is 0 Å². The van der Waals surface area contributed by atoms with Crippen molar-refractivity contribution in [3.8, 4) is 0 Å². The summed E-state index contributed by atoms with van der Waals surface area (Å²) in [6, 6.07) is 2.04. The van der Waals surface area contributed by atoms with Crippen LogP contribution in [-0.2, 0) is 9.47 Å². The van der Waals surface area contributed by atoms with Gasteiger partial charge in [-0.15, -0.1) is 18.3 Å². The number of nitrogens with zero attached hydrogens (tertiary/aromatic N) is 4. The van der Waals surface area contributed by atoms with Gasteiger partial charge in [0.2, 0.25) is 0 Å². The zero-order chi connectivity index (χ0) is 18.2. The Morgan fingerprint density at radius 3 is 2.00 bits per heavy atom. The highest BCUT2D eigenvalue weighted by Gasteiger charge is 2.24. The van der Waals surface area contributed by atoms with Crippen molar-refractivity contribution in [1.82, 2.24) is 20.0 Å². The van der Waals surface area contributed by atoms with Gasteiger partial charge in [0, 0.05) is 31.1 Å². The SMILES string of the molecule is C=CC(Sc1ccnnc1SC(C=C)N1CCOCC1)N1CCOCC1. The van der Waals surface area contributed by atoms with Crippen LogP contribution in [0, 0.1) is 0 Å². The Hall–Kier alpha value is -0.900. The molecule has 0 aliphatic carbocycles. The first-order valence-corrected chi connectivity index (χ1v) is 10.6. The molecular weight excluding hydrogens is 368 g/mol. The molecule has 0 radical (unpaired) electrons. The maximum Gasteiger partial charge on any atom is 0.134 e. The highest BCUT2D eigenvalue weighted by molar-refractivity contribution is 8.03. The molecule has 3 heterocycles. The van der Waals surface area contributed by atoms with Gasteiger partial charge in [0.15, 0.2) is 0 Å². The van der Waals surface area contributed by atoms with E-state index in [1.807, 2.05) is 18.2 Å². The van der Waals surface area contributed by atoms with Crippen LogP contribution < -0.4 is 0 Å². The topological polar surface area (TPSA) is 50.7 Å². The molecule has 2 saturated heterocycles. The molecular formula is C18H26N4O2S2. The summed E-state index contributed by atoms with van der Waals surface area (Å²) in [4.78, 5) is 5.89. The second kappa shape index (κ2) is 10.4. The van der Waals surface area contributed by atoms with E-state index in [-0.39, 0.29) is 10.7 Å². The van der Waals surface area contributed by atoms with Gasteiger partial charge in [-0.1, -0.05) is 35.7 Å². The standard InChI is InChI=1S/C18H26N4O2S2/c1-3-16(21-7-11-23-12-8-21)25-15-5-6-19-20-18(15)26-17(4-2)22-9-13-24-14-10-22/h3-6,16-17H,1-2,7-14H2. The molecule has 2 aliphatic rings. The largest absolute Gasteiger partial charge is 0.379 e. The molecule has 26 heavy (non-hydrogen) atoms. The molecule has 0 saturated carbocycles. The predicted molar refractivity (Wildman–Crippen MR) is 107 cm³/mol. The highest BCUT2D eigenvalue weighted by atomic mass is 32.2. The van der Waals surface area contributed by atoms with E-state index in [9.17, 15) is 0 Å². The fourth-order valence-electron chi connectivity index (χ4n) is 2.93. The molecule has 2 fully saturated rings. The summed E-state index contributed by atoms with van der Waals surface area (Å²) in [7, 11) is 0. The van der Waals surface area contributed by atoms with Crippen LogP contribution in [0.15, 0.2) is 47.5 Å². The summed E-state index contributed by atoms with van der Waals surface area (Å²) >= 11 is 3.47. The first-order chi connectivity index (χ1) is 12.8. The first kappa shape index (κ1) is 19.9. The number of thioether (sulfide) groups is 2. The number of ether oxygens (including phenoxy) is 2. The van der Waals surface area contributed by atoms with Crippen LogP contribution in [0.25, 0.3) is 0 Å². The quantitative estimate of drug-likeness (QED) is 0.492. The van der Waals surface area contributed by atoms with E-state index in [0.29, 0.717) is 0 Å². The second-order valence-corrected chi connectivity index (χ2v) is 8.25. The summed E-state index contributed by atoms with van der Waals surface area (Å²) in [6.07, 6.45) is 5.73. The Bertz CT molecular complexity index is 541. The van der Waals surface area contributed by atoms with Gasteiger partial charge in [-0.25, -0.2) is 0 Å². The summed E-state index contributed by atoms with van der Waals surface area (Å²) in [6.45, 7) is 14.8. The normalized spacial score (nSPS) is 21.8. The molecule has 3 rings (SSSR count). The molecule has 1 aromatic rings. The minimum Gasteiger partial charge on any atom is -0.379 e. The van der Waals surface area contributed by atoms with E-state index in [0.717, 1.165) is 62.5 Å². The Balaban J connectivity index is 1.70. The van der Waals surface area contributed by atoms with Crippen molar-refractivity contribution in [2.24, 2.45) is 0 Å². The number of hydrogen-bond donors (Lipinski definition) is 0. The van der Waals surface area contributed by atoms with Gasteiger partial charge < -0.3 is 9.47 Å². The van der Waals surface area contributed by atoms with Gasteiger partial charge in [-0.3, -0.25) is 9.80 Å². The monoisotopic (exact) mass is 394 g/mol. The maximum atomic E-state index is 5.46. The van der Waals surface area contributed by atoms with Gasteiger partial charge in [0.05, 0.1) is 43.4 Å². The van der Waals surface area contributed by atoms with Crippen molar-refractivity contribution in [2.45, 2.75) is 20.7 Å². The molecule has 1 aromatic heterocycles. The average molecular weight is 395 g/mol. The maximum absolute atomic E-state index is 5.46. The zero-order valence-corrected chi connectivity index (χ0v) is 16.6. The summed E-state index contributed by atoms with van der Waals surface area (Å²) in [5, 5.41) is 9.81. The third-order valence-electron chi connectivity index (χ3n) is 4.35. The number of rotatable bonds is 8. The van der Waals surface area contributed by atoms with E-state index in [4.69, 9.17) is 9.47 Å². The van der Waals surface area contributed by atoms with Crippen molar-refractivity contribution in [3.05, 3.63) is 37.6 Å². The van der Waals surface area contributed by atoms with Crippen LogP contribution in [-0.4, -0.2) is 83.4 Å². The van der Waals surface area contributed by atoms with Gasteiger partial charge in [-0.05, 0) is 6.07 Å². The van der Waals surface area contributed by atoms with Crippen molar-refractivity contribution >= 4 is 23.5 Å². The van der Waals surface area contributed by atoms with E-state index in [1.165, 1.54) is 0 Å². The Kier molecular flexibility index (Phi) is 7.97. The number of aromatic nitrogens is 2. The van der Waals surface area contributed by atoms with Crippen LogP contribution in [0.3, 0.4) is 0 Å². The van der Waals surface area contributed by atoms with Crippen molar-refractivity contribution in [3.63, 3.8) is 0 Å². The Labute approximate surface area is 164 Å². The van der Waals surface area contributed by atoms with Crippen LogP contribution in [0.5, 0.6) is 0 Å². The molecule has 6 nitrogen and oxygen atoms in total. The van der Waals surface area contributed by atoms with E-state index < -0.39 is 0 Å². The van der Waals surface area contributed by atoms with E-state index in [2.05, 4.69) is 33.2 Å². The Morgan fingerprint density at radius 2 is 1.46 bits per heavy atom. The van der Waals surface area contributed by atoms with Gasteiger partial charge in [0.1, 0.15) is 5.03 Å². The molecule has 0 spiro atoms. The van der Waals surface area contributed by atoms with E-state index in [1.54, 1.807) is 29.7 Å². The van der Waals surface area contributed by atoms with Gasteiger partial charge in [-0.2, -0.15) is 5.10 Å². The van der Waals surface area contributed by atoms with Crippen LogP contribution >= 0.6 is 23.5 Å². The van der Waals surface area contributed by atoms with Gasteiger partial charge >= 0.3 is 0 Å². The first-order valence-electron chi connectivity index (χ1n) is 8.85. The lowest BCUT2D eigenvalue weighted by atomic mass is 10.4. The third-order valence-corrected chi connectivity index (χ3v) is 7.05. The third kappa shape index (κ3) is 5.31. The highest BCUT2D eigenvalue weighted by Crippen LogP contribution is 2.36. The lowest BCUT2D eigenvalue weighted by Gasteiger charge is -2.33. The van der Waals surface area contributed by atoms with Crippen LogP contribution in [0.1, 0.15) is 0 Å². The molecule has 0 bridgehead atoms. The molecule has 2 aliphatic heterocycles. The lowest BCUT2D eigenvalue weighted by molar-refractivity contribution is 0.0385.